The molecule has 0 amide bonds. The highest BCUT2D eigenvalue weighted by atomic mass is 19.1. The van der Waals surface area contributed by atoms with Crippen LogP contribution in [0.25, 0.3) is 11.5 Å². The molecule has 0 saturated heterocycles. The molecular weight excluding hydrogens is 231 g/mol. The Bertz CT molecular complexity index is 561. The minimum atomic E-state index is -0.207. The molecule has 1 saturated carbocycles. The van der Waals surface area contributed by atoms with E-state index in [0.29, 0.717) is 17.5 Å². The van der Waals surface area contributed by atoms with Crippen molar-refractivity contribution in [3.8, 4) is 11.5 Å². The van der Waals surface area contributed by atoms with Gasteiger partial charge in [0.25, 0.3) is 0 Å². The molecule has 94 valence electrons. The first-order valence-corrected chi connectivity index (χ1v) is 6.17. The van der Waals surface area contributed by atoms with Gasteiger partial charge in [-0.05, 0) is 43.5 Å². The minimum absolute atomic E-state index is 0.207. The number of aromatic nitrogens is 1. The third-order valence-electron chi connectivity index (χ3n) is 3.11. The lowest BCUT2D eigenvalue weighted by molar-refractivity contribution is 0.569. The van der Waals surface area contributed by atoms with Crippen molar-refractivity contribution in [3.05, 3.63) is 41.5 Å². The summed E-state index contributed by atoms with van der Waals surface area (Å²) in [5.41, 5.74) is 2.30. The molecule has 1 fully saturated rings. The molecule has 0 aliphatic heterocycles. The Kier molecular flexibility index (Phi) is 2.88. The molecule has 1 aromatic carbocycles. The van der Waals surface area contributed by atoms with Gasteiger partial charge in [-0.25, -0.2) is 9.37 Å². The van der Waals surface area contributed by atoms with Crippen LogP contribution in [0.1, 0.15) is 24.1 Å². The van der Waals surface area contributed by atoms with E-state index in [9.17, 15) is 4.39 Å². The number of halogens is 1. The van der Waals surface area contributed by atoms with Gasteiger partial charge in [0.1, 0.15) is 12.1 Å². The maximum atomic E-state index is 13.2. The lowest BCUT2D eigenvalue weighted by Gasteiger charge is -1.99. The lowest BCUT2D eigenvalue weighted by Crippen LogP contribution is -2.15. The van der Waals surface area contributed by atoms with Gasteiger partial charge in [-0.3, -0.25) is 0 Å². The van der Waals surface area contributed by atoms with Crippen molar-refractivity contribution >= 4 is 0 Å². The minimum Gasteiger partial charge on any atom is -0.444 e. The maximum Gasteiger partial charge on any atom is 0.226 e. The third kappa shape index (κ3) is 2.43. The van der Waals surface area contributed by atoms with Gasteiger partial charge in [0.2, 0.25) is 5.89 Å². The van der Waals surface area contributed by atoms with Gasteiger partial charge in [0.15, 0.2) is 0 Å². The van der Waals surface area contributed by atoms with Crippen LogP contribution >= 0.6 is 0 Å². The monoisotopic (exact) mass is 246 g/mol. The summed E-state index contributed by atoms with van der Waals surface area (Å²) in [5.74, 6) is 0.339. The number of nitrogens with one attached hydrogen (secondary N) is 1. The molecule has 4 heteroatoms. The average molecular weight is 246 g/mol. The summed E-state index contributed by atoms with van der Waals surface area (Å²) in [5, 5.41) is 3.38. The van der Waals surface area contributed by atoms with E-state index in [-0.39, 0.29) is 5.82 Å². The van der Waals surface area contributed by atoms with Crippen LogP contribution in [-0.4, -0.2) is 11.0 Å². The molecule has 2 aromatic rings. The normalized spacial score (nSPS) is 15.0. The van der Waals surface area contributed by atoms with E-state index in [0.717, 1.165) is 17.8 Å². The van der Waals surface area contributed by atoms with Gasteiger partial charge in [0, 0.05) is 18.2 Å². The SMILES string of the molecule is Cc1cc(-c2nc(CNC3CC3)co2)ccc1F. The largest absolute Gasteiger partial charge is 0.444 e. The van der Waals surface area contributed by atoms with Crippen molar-refractivity contribution in [2.75, 3.05) is 0 Å². The molecule has 0 spiro atoms. The zero-order chi connectivity index (χ0) is 12.5. The molecule has 1 aromatic heterocycles. The highest BCUT2D eigenvalue weighted by molar-refractivity contribution is 5.54. The molecular formula is C14H15FN2O. The number of hydrogen-bond donors (Lipinski definition) is 1. The fourth-order valence-corrected chi connectivity index (χ4v) is 1.83. The number of benzene rings is 1. The molecule has 18 heavy (non-hydrogen) atoms. The van der Waals surface area contributed by atoms with Gasteiger partial charge < -0.3 is 9.73 Å². The Labute approximate surface area is 105 Å². The summed E-state index contributed by atoms with van der Waals surface area (Å²) in [6, 6.07) is 5.53. The van der Waals surface area contributed by atoms with Crippen molar-refractivity contribution in [1.82, 2.24) is 10.3 Å². The fourth-order valence-electron chi connectivity index (χ4n) is 1.83. The van der Waals surface area contributed by atoms with Gasteiger partial charge in [-0.1, -0.05) is 0 Å². The summed E-state index contributed by atoms with van der Waals surface area (Å²) in [7, 11) is 0. The Morgan fingerprint density at radius 1 is 1.44 bits per heavy atom. The maximum absolute atomic E-state index is 13.2. The number of oxazole rings is 1. The van der Waals surface area contributed by atoms with Gasteiger partial charge in [-0.2, -0.15) is 0 Å². The van der Waals surface area contributed by atoms with Crippen molar-refractivity contribution < 1.29 is 8.81 Å². The molecule has 3 nitrogen and oxygen atoms in total. The number of nitrogens with zero attached hydrogens (tertiary/aromatic N) is 1. The highest BCUT2D eigenvalue weighted by Crippen LogP contribution is 2.22. The first-order chi connectivity index (χ1) is 8.72. The Morgan fingerprint density at radius 2 is 2.28 bits per heavy atom. The molecule has 1 aliphatic rings. The van der Waals surface area contributed by atoms with E-state index < -0.39 is 0 Å². The van der Waals surface area contributed by atoms with E-state index >= 15 is 0 Å². The van der Waals surface area contributed by atoms with E-state index in [1.807, 2.05) is 0 Å². The van der Waals surface area contributed by atoms with E-state index in [2.05, 4.69) is 10.3 Å². The first kappa shape index (κ1) is 11.4. The standard InChI is InChI=1S/C14H15FN2O/c1-9-6-10(2-5-13(9)15)14-17-12(8-18-14)7-16-11-3-4-11/h2,5-6,8,11,16H,3-4,7H2,1H3. The topological polar surface area (TPSA) is 38.1 Å². The zero-order valence-corrected chi connectivity index (χ0v) is 10.2. The second-order valence-electron chi connectivity index (χ2n) is 4.76. The van der Waals surface area contributed by atoms with Crippen LogP contribution in [0.2, 0.25) is 0 Å². The van der Waals surface area contributed by atoms with Crippen molar-refractivity contribution in [2.24, 2.45) is 0 Å². The zero-order valence-electron chi connectivity index (χ0n) is 10.2. The number of hydrogen-bond acceptors (Lipinski definition) is 3. The Morgan fingerprint density at radius 3 is 3.00 bits per heavy atom. The van der Waals surface area contributed by atoms with Crippen LogP contribution in [0, 0.1) is 12.7 Å². The summed E-state index contributed by atoms with van der Waals surface area (Å²) in [6.45, 7) is 2.46. The van der Waals surface area contributed by atoms with Gasteiger partial charge >= 0.3 is 0 Å². The average Bonchev–Trinajstić information content (AvgIpc) is 3.08. The molecule has 1 aliphatic carbocycles. The molecule has 3 rings (SSSR count). The third-order valence-corrected chi connectivity index (χ3v) is 3.11. The molecule has 1 N–H and O–H groups in total. The van der Waals surface area contributed by atoms with Crippen LogP contribution in [0.5, 0.6) is 0 Å². The molecule has 1 heterocycles. The molecule has 0 radical (unpaired) electrons. The van der Waals surface area contributed by atoms with Crippen molar-refractivity contribution in [1.29, 1.82) is 0 Å². The Hall–Kier alpha value is -1.68. The van der Waals surface area contributed by atoms with Crippen molar-refractivity contribution in [2.45, 2.75) is 32.4 Å². The second-order valence-corrected chi connectivity index (χ2v) is 4.76. The molecule has 0 bridgehead atoms. The van der Waals surface area contributed by atoms with Crippen LogP contribution in [0.4, 0.5) is 4.39 Å². The highest BCUT2D eigenvalue weighted by Gasteiger charge is 2.20. The smallest absolute Gasteiger partial charge is 0.226 e. The molecule has 0 atom stereocenters. The summed E-state index contributed by atoms with van der Waals surface area (Å²) < 4.78 is 18.6. The quantitative estimate of drug-likeness (QED) is 0.901. The van der Waals surface area contributed by atoms with E-state index in [4.69, 9.17) is 4.42 Å². The second kappa shape index (κ2) is 4.53. The summed E-state index contributed by atoms with van der Waals surface area (Å²) >= 11 is 0. The van der Waals surface area contributed by atoms with Gasteiger partial charge in [0.05, 0.1) is 5.69 Å². The van der Waals surface area contributed by atoms with E-state index in [1.54, 1.807) is 25.3 Å². The van der Waals surface area contributed by atoms with Crippen LogP contribution in [0.3, 0.4) is 0 Å². The predicted octanol–water partition coefficient (Wildman–Crippen LogP) is 3.04. The summed E-state index contributed by atoms with van der Waals surface area (Å²) in [4.78, 5) is 4.40. The first-order valence-electron chi connectivity index (χ1n) is 6.17. The summed E-state index contributed by atoms with van der Waals surface area (Å²) in [6.07, 6.45) is 4.16. The van der Waals surface area contributed by atoms with Crippen LogP contribution in [-0.2, 0) is 6.54 Å². The number of rotatable bonds is 4. The van der Waals surface area contributed by atoms with Gasteiger partial charge in [-0.15, -0.1) is 0 Å². The lowest BCUT2D eigenvalue weighted by atomic mass is 10.1. The van der Waals surface area contributed by atoms with Crippen LogP contribution < -0.4 is 5.32 Å². The predicted molar refractivity (Wildman–Crippen MR) is 66.5 cm³/mol. The van der Waals surface area contributed by atoms with Crippen molar-refractivity contribution in [3.63, 3.8) is 0 Å². The van der Waals surface area contributed by atoms with E-state index in [1.165, 1.54) is 18.9 Å². The number of aryl methyl sites for hydroxylation is 1. The van der Waals surface area contributed by atoms with Crippen LogP contribution in [0.15, 0.2) is 28.9 Å². The molecule has 0 unspecified atom stereocenters. The fraction of sp³-hybridized carbons (Fsp3) is 0.357. The Balaban J connectivity index is 1.76.